The molecule has 0 radical (unpaired) electrons. The van der Waals surface area contributed by atoms with Crippen LogP contribution in [0.3, 0.4) is 0 Å². The molecule has 5 heteroatoms. The second kappa shape index (κ2) is 4.28. The number of methoxy groups -OCH3 is 1. The molecular formula is C9H9ClFNO2. The number of halogens is 2. The van der Waals surface area contributed by atoms with Gasteiger partial charge in [-0.1, -0.05) is 22.8 Å². The fourth-order valence-corrected chi connectivity index (χ4v) is 1.26. The van der Waals surface area contributed by atoms with Gasteiger partial charge in [-0.2, -0.15) is 0 Å². The summed E-state index contributed by atoms with van der Waals surface area (Å²) in [7, 11) is 1.36. The molecule has 0 aliphatic rings. The molecule has 0 aromatic heterocycles. The standard InChI is InChI=1S/C9H9ClFNO2/c1-5-3-4-6(9(10)12-13)7(11)8(5)14-2/h3-4,13H,1-2H3/b12-9-. The van der Waals surface area contributed by atoms with E-state index in [-0.39, 0.29) is 16.5 Å². The molecule has 0 heterocycles. The lowest BCUT2D eigenvalue weighted by molar-refractivity contribution is 0.320. The minimum absolute atomic E-state index is 0.0108. The van der Waals surface area contributed by atoms with Crippen LogP contribution in [-0.4, -0.2) is 17.5 Å². The van der Waals surface area contributed by atoms with E-state index in [4.69, 9.17) is 21.5 Å². The molecule has 14 heavy (non-hydrogen) atoms. The van der Waals surface area contributed by atoms with E-state index in [9.17, 15) is 4.39 Å². The Morgan fingerprint density at radius 1 is 1.57 bits per heavy atom. The fraction of sp³-hybridized carbons (Fsp3) is 0.222. The highest BCUT2D eigenvalue weighted by Gasteiger charge is 2.14. The number of ether oxygens (including phenoxy) is 1. The summed E-state index contributed by atoms with van der Waals surface area (Å²) in [6.45, 7) is 1.70. The van der Waals surface area contributed by atoms with E-state index in [2.05, 4.69) is 5.16 Å². The Kier molecular flexibility index (Phi) is 3.30. The number of aryl methyl sites for hydroxylation is 1. The van der Waals surface area contributed by atoms with Crippen LogP contribution in [0, 0.1) is 12.7 Å². The summed E-state index contributed by atoms with van der Waals surface area (Å²) >= 11 is 5.48. The zero-order valence-electron chi connectivity index (χ0n) is 7.71. The third-order valence-electron chi connectivity index (χ3n) is 1.81. The molecule has 76 valence electrons. The molecule has 0 unspecified atom stereocenters. The van der Waals surface area contributed by atoms with Gasteiger partial charge < -0.3 is 9.94 Å². The van der Waals surface area contributed by atoms with Crippen molar-refractivity contribution in [1.82, 2.24) is 0 Å². The van der Waals surface area contributed by atoms with E-state index in [1.54, 1.807) is 13.0 Å². The second-order valence-corrected chi connectivity index (χ2v) is 3.03. The molecule has 0 spiro atoms. The highest BCUT2D eigenvalue weighted by Crippen LogP contribution is 2.25. The maximum atomic E-state index is 13.6. The van der Waals surface area contributed by atoms with Crippen LogP contribution in [0.4, 0.5) is 4.39 Å². The molecule has 0 saturated carbocycles. The number of nitrogens with zero attached hydrogens (tertiary/aromatic N) is 1. The van der Waals surface area contributed by atoms with Crippen molar-refractivity contribution in [1.29, 1.82) is 0 Å². The van der Waals surface area contributed by atoms with Crippen molar-refractivity contribution in [3.05, 3.63) is 29.1 Å². The largest absolute Gasteiger partial charge is 0.493 e. The van der Waals surface area contributed by atoms with Crippen LogP contribution >= 0.6 is 11.6 Å². The van der Waals surface area contributed by atoms with Gasteiger partial charge in [-0.25, -0.2) is 4.39 Å². The third-order valence-corrected chi connectivity index (χ3v) is 2.09. The number of oxime groups is 1. The average Bonchev–Trinajstić information content (AvgIpc) is 2.18. The normalized spacial score (nSPS) is 11.6. The summed E-state index contributed by atoms with van der Waals surface area (Å²) in [4.78, 5) is 0. The molecule has 3 nitrogen and oxygen atoms in total. The van der Waals surface area contributed by atoms with Crippen molar-refractivity contribution in [3.63, 3.8) is 0 Å². The number of rotatable bonds is 2. The molecule has 0 aliphatic heterocycles. The average molecular weight is 218 g/mol. The van der Waals surface area contributed by atoms with Crippen molar-refractivity contribution < 1.29 is 14.3 Å². The summed E-state index contributed by atoms with van der Waals surface area (Å²) in [5, 5.41) is 10.8. The minimum Gasteiger partial charge on any atom is -0.493 e. The quantitative estimate of drug-likeness (QED) is 0.470. The van der Waals surface area contributed by atoms with Crippen molar-refractivity contribution in [2.75, 3.05) is 7.11 Å². The van der Waals surface area contributed by atoms with E-state index in [0.29, 0.717) is 5.56 Å². The van der Waals surface area contributed by atoms with Crippen molar-refractivity contribution in [3.8, 4) is 5.75 Å². The predicted octanol–water partition coefficient (Wildman–Crippen LogP) is 2.52. The summed E-state index contributed by atoms with van der Waals surface area (Å²) in [5.74, 6) is -0.528. The van der Waals surface area contributed by atoms with Crippen molar-refractivity contribution in [2.24, 2.45) is 5.16 Å². The molecule has 1 aromatic rings. The molecule has 1 rings (SSSR count). The van der Waals surface area contributed by atoms with Gasteiger partial charge in [0.05, 0.1) is 12.7 Å². The van der Waals surface area contributed by atoms with Gasteiger partial charge in [0.25, 0.3) is 0 Å². The number of hydrogen-bond acceptors (Lipinski definition) is 3. The summed E-state index contributed by atoms with van der Waals surface area (Å²) < 4.78 is 18.4. The van der Waals surface area contributed by atoms with E-state index in [1.807, 2.05) is 0 Å². The van der Waals surface area contributed by atoms with Crippen LogP contribution in [-0.2, 0) is 0 Å². The zero-order valence-corrected chi connectivity index (χ0v) is 8.47. The maximum Gasteiger partial charge on any atom is 0.178 e. The van der Waals surface area contributed by atoms with Gasteiger partial charge >= 0.3 is 0 Å². The Morgan fingerprint density at radius 2 is 2.21 bits per heavy atom. The SMILES string of the molecule is COc1c(C)ccc(/C(Cl)=N/O)c1F. The number of hydrogen-bond donors (Lipinski definition) is 1. The van der Waals surface area contributed by atoms with Gasteiger partial charge in [0.2, 0.25) is 0 Å². The van der Waals surface area contributed by atoms with Crippen LogP contribution in [0.5, 0.6) is 5.75 Å². The van der Waals surface area contributed by atoms with E-state index < -0.39 is 5.82 Å². The topological polar surface area (TPSA) is 41.8 Å². The highest BCUT2D eigenvalue weighted by molar-refractivity contribution is 6.69. The van der Waals surface area contributed by atoms with Gasteiger partial charge in [0.15, 0.2) is 16.7 Å². The molecule has 0 atom stereocenters. The first-order valence-electron chi connectivity index (χ1n) is 3.82. The lowest BCUT2D eigenvalue weighted by Crippen LogP contribution is -2.00. The summed E-state index contributed by atoms with van der Waals surface area (Å²) in [6, 6.07) is 3.06. The summed E-state index contributed by atoms with van der Waals surface area (Å²) in [5.41, 5.74) is 0.660. The summed E-state index contributed by atoms with van der Waals surface area (Å²) in [6.07, 6.45) is 0. The Balaban J connectivity index is 3.35. The Labute approximate surface area is 85.8 Å². The van der Waals surface area contributed by atoms with Crippen LogP contribution in [0.15, 0.2) is 17.3 Å². The first-order valence-corrected chi connectivity index (χ1v) is 4.20. The molecule has 0 fully saturated rings. The Bertz CT molecular complexity index is 379. The molecule has 0 bridgehead atoms. The molecule has 0 amide bonds. The number of benzene rings is 1. The van der Waals surface area contributed by atoms with Gasteiger partial charge in [-0.3, -0.25) is 0 Å². The smallest absolute Gasteiger partial charge is 0.178 e. The van der Waals surface area contributed by atoms with Crippen molar-refractivity contribution >= 4 is 16.8 Å². The lowest BCUT2D eigenvalue weighted by Gasteiger charge is -2.08. The molecule has 0 saturated heterocycles. The molecule has 1 N–H and O–H groups in total. The first kappa shape index (κ1) is 10.8. The van der Waals surface area contributed by atoms with Gasteiger partial charge in [-0.15, -0.1) is 0 Å². The highest BCUT2D eigenvalue weighted by atomic mass is 35.5. The van der Waals surface area contributed by atoms with E-state index in [1.165, 1.54) is 13.2 Å². The van der Waals surface area contributed by atoms with E-state index >= 15 is 0 Å². The van der Waals surface area contributed by atoms with Gasteiger partial charge in [-0.05, 0) is 18.6 Å². The molecule has 1 aromatic carbocycles. The van der Waals surface area contributed by atoms with Gasteiger partial charge in [0, 0.05) is 0 Å². The Hall–Kier alpha value is -1.29. The van der Waals surface area contributed by atoms with Crippen LogP contribution < -0.4 is 4.74 Å². The zero-order chi connectivity index (χ0) is 10.7. The van der Waals surface area contributed by atoms with Gasteiger partial charge in [0.1, 0.15) is 0 Å². The third kappa shape index (κ3) is 1.80. The van der Waals surface area contributed by atoms with Crippen LogP contribution in [0.25, 0.3) is 0 Å². The minimum atomic E-state index is -0.629. The maximum absolute atomic E-state index is 13.6. The fourth-order valence-electron chi connectivity index (χ4n) is 1.12. The molecule has 0 aliphatic carbocycles. The second-order valence-electron chi connectivity index (χ2n) is 2.67. The first-order chi connectivity index (χ1) is 6.61. The lowest BCUT2D eigenvalue weighted by atomic mass is 10.1. The van der Waals surface area contributed by atoms with Crippen molar-refractivity contribution in [2.45, 2.75) is 6.92 Å². The monoisotopic (exact) mass is 217 g/mol. The molecular weight excluding hydrogens is 209 g/mol. The predicted molar refractivity (Wildman–Crippen MR) is 51.9 cm³/mol. The van der Waals surface area contributed by atoms with Crippen LogP contribution in [0.1, 0.15) is 11.1 Å². The Morgan fingerprint density at radius 3 is 2.71 bits per heavy atom. The van der Waals surface area contributed by atoms with Crippen LogP contribution in [0.2, 0.25) is 0 Å². The van der Waals surface area contributed by atoms with E-state index in [0.717, 1.165) is 0 Å².